The van der Waals surface area contributed by atoms with E-state index < -0.39 is 16.5 Å². The summed E-state index contributed by atoms with van der Waals surface area (Å²) in [5.74, 6) is -0.741. The normalized spacial score (nSPS) is 10.1. The maximum absolute atomic E-state index is 12.1. The fourth-order valence-electron chi connectivity index (χ4n) is 2.13. The Hall–Kier alpha value is -3.79. The van der Waals surface area contributed by atoms with Crippen molar-refractivity contribution in [3.05, 3.63) is 75.8 Å². The van der Waals surface area contributed by atoms with E-state index in [2.05, 4.69) is 31.1 Å². The largest absolute Gasteiger partial charge is 0.355 e. The first kappa shape index (κ1) is 18.0. The Morgan fingerprint density at radius 1 is 1.11 bits per heavy atom. The summed E-state index contributed by atoms with van der Waals surface area (Å²) in [7, 11) is 0. The zero-order valence-electron chi connectivity index (χ0n) is 13.6. The number of rotatable bonds is 6. The van der Waals surface area contributed by atoms with Crippen LogP contribution in [0, 0.1) is 10.1 Å². The third-order valence-corrected chi connectivity index (χ3v) is 3.56. The molecule has 0 saturated carbocycles. The predicted octanol–water partition coefficient (Wildman–Crippen LogP) is 2.93. The molecule has 3 rings (SSSR count). The van der Waals surface area contributed by atoms with Crippen molar-refractivity contribution >= 4 is 40.5 Å². The average molecular weight is 386 g/mol. The van der Waals surface area contributed by atoms with E-state index in [1.165, 1.54) is 24.5 Å². The number of hydrogen-bond acceptors (Lipinski definition) is 8. The molecule has 0 aliphatic heterocycles. The first-order valence-electron chi connectivity index (χ1n) is 7.53. The van der Waals surface area contributed by atoms with Crippen LogP contribution < -0.4 is 16.2 Å². The lowest BCUT2D eigenvalue weighted by Gasteiger charge is -2.11. The number of carbonyl (C=O) groups excluding carboxylic acids is 1. The molecule has 136 valence electrons. The molecule has 0 aliphatic rings. The second-order valence-corrected chi connectivity index (χ2v) is 5.56. The zero-order chi connectivity index (χ0) is 19.2. The van der Waals surface area contributed by atoms with Gasteiger partial charge in [-0.25, -0.2) is 9.97 Å². The molecular formula is C16H12ClN7O3. The summed E-state index contributed by atoms with van der Waals surface area (Å²) in [6, 6.07) is 9.62. The molecule has 0 spiro atoms. The number of amides is 1. The van der Waals surface area contributed by atoms with E-state index in [4.69, 9.17) is 11.6 Å². The minimum atomic E-state index is -0.659. The quantitative estimate of drug-likeness (QED) is 0.435. The smallest absolute Gasteiger partial charge is 0.334 e. The fourth-order valence-corrected chi connectivity index (χ4v) is 2.32. The molecule has 0 radical (unpaired) electrons. The highest BCUT2D eigenvalue weighted by Gasteiger charge is 2.23. The number of hydrogen-bond donors (Lipinski definition) is 3. The van der Waals surface area contributed by atoms with E-state index >= 15 is 0 Å². The van der Waals surface area contributed by atoms with Gasteiger partial charge in [-0.1, -0.05) is 17.7 Å². The number of anilines is 3. The number of nitro groups is 1. The molecule has 2 aromatic heterocycles. The van der Waals surface area contributed by atoms with Crippen molar-refractivity contribution in [3.63, 3.8) is 0 Å². The Bertz CT molecular complexity index is 985. The molecule has 11 heteroatoms. The van der Waals surface area contributed by atoms with E-state index in [-0.39, 0.29) is 11.6 Å². The summed E-state index contributed by atoms with van der Waals surface area (Å²) in [6.45, 7) is 0. The first-order chi connectivity index (χ1) is 13.0. The van der Waals surface area contributed by atoms with Gasteiger partial charge in [0.1, 0.15) is 6.33 Å². The van der Waals surface area contributed by atoms with Gasteiger partial charge in [-0.2, -0.15) is 0 Å². The van der Waals surface area contributed by atoms with E-state index in [9.17, 15) is 14.9 Å². The molecule has 0 fully saturated rings. The maximum Gasteiger partial charge on any atom is 0.355 e. The van der Waals surface area contributed by atoms with Gasteiger partial charge in [-0.05, 0) is 30.3 Å². The van der Waals surface area contributed by atoms with Crippen molar-refractivity contribution in [2.45, 2.75) is 0 Å². The number of halogens is 1. The highest BCUT2D eigenvalue weighted by molar-refractivity contribution is 6.30. The van der Waals surface area contributed by atoms with Crippen molar-refractivity contribution in [2.75, 3.05) is 10.7 Å². The van der Waals surface area contributed by atoms with Crippen LogP contribution in [0.3, 0.4) is 0 Å². The van der Waals surface area contributed by atoms with Gasteiger partial charge >= 0.3 is 5.69 Å². The van der Waals surface area contributed by atoms with Crippen LogP contribution >= 0.6 is 11.6 Å². The van der Waals surface area contributed by atoms with E-state index in [1.54, 1.807) is 24.3 Å². The van der Waals surface area contributed by atoms with Crippen LogP contribution in [0.1, 0.15) is 10.4 Å². The Balaban J connectivity index is 1.83. The molecule has 0 aliphatic carbocycles. The topological polar surface area (TPSA) is 135 Å². The SMILES string of the molecule is O=C(NNc1ncnc(Nc2cccc(Cl)c2)c1[N+](=O)[O-])c1ccncc1. The second kappa shape index (κ2) is 8.06. The third-order valence-electron chi connectivity index (χ3n) is 3.33. The first-order valence-corrected chi connectivity index (χ1v) is 7.91. The van der Waals surface area contributed by atoms with Crippen LogP contribution in [0.4, 0.5) is 23.0 Å². The fraction of sp³-hybridized carbons (Fsp3) is 0. The molecule has 0 atom stereocenters. The lowest BCUT2D eigenvalue weighted by atomic mass is 10.3. The zero-order valence-corrected chi connectivity index (χ0v) is 14.3. The van der Waals surface area contributed by atoms with Gasteiger partial charge in [0.25, 0.3) is 5.91 Å². The number of nitrogens with zero attached hydrogens (tertiary/aromatic N) is 4. The monoisotopic (exact) mass is 385 g/mol. The number of hydrazine groups is 1. The number of pyridine rings is 1. The van der Waals surface area contributed by atoms with Crippen molar-refractivity contribution in [1.82, 2.24) is 20.4 Å². The Morgan fingerprint density at radius 2 is 1.85 bits per heavy atom. The minimum absolute atomic E-state index is 0.0575. The Kier molecular flexibility index (Phi) is 5.38. The van der Waals surface area contributed by atoms with Crippen molar-refractivity contribution in [1.29, 1.82) is 0 Å². The predicted molar refractivity (Wildman–Crippen MR) is 98.7 cm³/mol. The highest BCUT2D eigenvalue weighted by Crippen LogP contribution is 2.31. The molecule has 1 aromatic carbocycles. The van der Waals surface area contributed by atoms with Crippen LogP contribution in [-0.4, -0.2) is 25.8 Å². The third kappa shape index (κ3) is 4.44. The molecule has 3 aromatic rings. The van der Waals surface area contributed by atoms with Crippen molar-refractivity contribution < 1.29 is 9.72 Å². The van der Waals surface area contributed by atoms with Crippen LogP contribution in [0.25, 0.3) is 0 Å². The number of benzene rings is 1. The Labute approximate surface area is 157 Å². The summed E-state index contributed by atoms with van der Waals surface area (Å²) >= 11 is 5.92. The molecule has 3 N–H and O–H groups in total. The standard InChI is InChI=1S/C16H12ClN7O3/c17-11-2-1-3-12(8-11)21-14-13(24(26)27)15(20-9-19-14)22-23-16(25)10-4-6-18-7-5-10/h1-9H,(H,23,25)(H2,19,20,21,22). The summed E-state index contributed by atoms with van der Waals surface area (Å²) in [5, 5.41) is 14.8. The number of carbonyl (C=O) groups is 1. The molecule has 1 amide bonds. The van der Waals surface area contributed by atoms with Crippen LogP contribution in [-0.2, 0) is 0 Å². The summed E-state index contributed by atoms with van der Waals surface area (Å²) in [5.41, 5.74) is 5.20. The summed E-state index contributed by atoms with van der Waals surface area (Å²) in [4.78, 5) is 34.5. The molecular weight excluding hydrogens is 374 g/mol. The van der Waals surface area contributed by atoms with Gasteiger partial charge in [0.15, 0.2) is 0 Å². The highest BCUT2D eigenvalue weighted by atomic mass is 35.5. The molecule has 0 saturated heterocycles. The van der Waals surface area contributed by atoms with Crippen LogP contribution in [0.5, 0.6) is 0 Å². The van der Waals surface area contributed by atoms with Gasteiger partial charge in [-0.15, -0.1) is 0 Å². The van der Waals surface area contributed by atoms with Gasteiger partial charge in [0.05, 0.1) is 4.92 Å². The lowest BCUT2D eigenvalue weighted by Crippen LogP contribution is -2.30. The summed E-state index contributed by atoms with van der Waals surface area (Å²) in [6.07, 6.45) is 4.03. The second-order valence-electron chi connectivity index (χ2n) is 5.13. The van der Waals surface area contributed by atoms with Crippen molar-refractivity contribution in [2.24, 2.45) is 0 Å². The van der Waals surface area contributed by atoms with Crippen LogP contribution in [0.15, 0.2) is 55.1 Å². The summed E-state index contributed by atoms with van der Waals surface area (Å²) < 4.78 is 0. The van der Waals surface area contributed by atoms with Crippen molar-refractivity contribution in [3.8, 4) is 0 Å². The number of aromatic nitrogens is 3. The van der Waals surface area contributed by atoms with Gasteiger partial charge in [-0.3, -0.25) is 30.7 Å². The van der Waals surface area contributed by atoms with E-state index in [0.29, 0.717) is 16.3 Å². The molecule has 27 heavy (non-hydrogen) atoms. The lowest BCUT2D eigenvalue weighted by molar-refractivity contribution is -0.383. The molecule has 2 heterocycles. The van der Waals surface area contributed by atoms with Gasteiger partial charge < -0.3 is 5.32 Å². The minimum Gasteiger partial charge on any atom is -0.334 e. The average Bonchev–Trinajstić information content (AvgIpc) is 2.66. The van der Waals surface area contributed by atoms with E-state index in [0.717, 1.165) is 6.33 Å². The molecule has 0 unspecified atom stereocenters. The van der Waals surface area contributed by atoms with Crippen LogP contribution in [0.2, 0.25) is 5.02 Å². The molecule has 0 bridgehead atoms. The van der Waals surface area contributed by atoms with Gasteiger partial charge in [0.2, 0.25) is 11.6 Å². The maximum atomic E-state index is 12.1. The Morgan fingerprint density at radius 3 is 2.56 bits per heavy atom. The van der Waals surface area contributed by atoms with E-state index in [1.807, 2.05) is 0 Å². The van der Waals surface area contributed by atoms with Gasteiger partial charge in [0, 0.05) is 28.7 Å². The molecule has 10 nitrogen and oxygen atoms in total. The number of nitrogens with one attached hydrogen (secondary N) is 3.